The van der Waals surface area contributed by atoms with Crippen molar-refractivity contribution in [2.24, 2.45) is 0 Å². The predicted octanol–water partition coefficient (Wildman–Crippen LogP) is 3.72. The van der Waals surface area contributed by atoms with E-state index in [9.17, 15) is 4.79 Å². The van der Waals surface area contributed by atoms with Crippen molar-refractivity contribution < 1.29 is 14.1 Å². The van der Waals surface area contributed by atoms with Crippen LogP contribution in [0.3, 0.4) is 0 Å². The predicted molar refractivity (Wildman–Crippen MR) is 82.8 cm³/mol. The Balaban J connectivity index is 1.89. The van der Waals surface area contributed by atoms with Crippen LogP contribution in [-0.4, -0.2) is 17.6 Å². The second-order valence-electron chi connectivity index (χ2n) is 5.45. The third-order valence-corrected chi connectivity index (χ3v) is 3.90. The standard InChI is InChI=1S/C17H20N2O3/c1-3-5-8-18-17(20)11-6-7-15-12(9-11)16-13(10-21-19-16)14(4-2)22-15/h6-7,9-10,14H,3-5,8H2,1-2H3,(H,18,20). The first-order valence-electron chi connectivity index (χ1n) is 7.78. The number of hydrogen-bond acceptors (Lipinski definition) is 4. The van der Waals surface area contributed by atoms with Gasteiger partial charge in [-0.05, 0) is 31.0 Å². The third-order valence-electron chi connectivity index (χ3n) is 3.90. The first-order chi connectivity index (χ1) is 10.7. The molecule has 5 nitrogen and oxygen atoms in total. The summed E-state index contributed by atoms with van der Waals surface area (Å²) in [5.41, 5.74) is 3.15. The minimum atomic E-state index is -0.0705. The largest absolute Gasteiger partial charge is 0.485 e. The number of unbranched alkanes of at least 4 members (excludes halogenated alkanes) is 1. The molecule has 3 rings (SSSR count). The van der Waals surface area contributed by atoms with Gasteiger partial charge in [0.05, 0.1) is 5.56 Å². The molecule has 0 radical (unpaired) electrons. The summed E-state index contributed by atoms with van der Waals surface area (Å²) in [4.78, 5) is 12.2. The van der Waals surface area contributed by atoms with Crippen LogP contribution in [0.1, 0.15) is 55.1 Å². The number of nitrogens with one attached hydrogen (secondary N) is 1. The molecule has 1 atom stereocenters. The summed E-state index contributed by atoms with van der Waals surface area (Å²) in [5, 5.41) is 7.01. The number of rotatable bonds is 5. The van der Waals surface area contributed by atoms with Crippen LogP contribution in [-0.2, 0) is 0 Å². The number of aromatic nitrogens is 1. The monoisotopic (exact) mass is 300 g/mol. The molecule has 1 aromatic carbocycles. The van der Waals surface area contributed by atoms with Gasteiger partial charge in [0.2, 0.25) is 0 Å². The van der Waals surface area contributed by atoms with Crippen LogP contribution in [0.25, 0.3) is 11.3 Å². The maximum atomic E-state index is 12.2. The topological polar surface area (TPSA) is 64.4 Å². The molecule has 116 valence electrons. The van der Waals surface area contributed by atoms with E-state index in [4.69, 9.17) is 9.26 Å². The number of benzene rings is 1. The summed E-state index contributed by atoms with van der Waals surface area (Å²) < 4.78 is 11.1. The molecular formula is C17H20N2O3. The fourth-order valence-corrected chi connectivity index (χ4v) is 2.64. The SMILES string of the molecule is CCCCNC(=O)c1ccc2c(c1)-c1nocc1C(CC)O2. The molecule has 0 fully saturated rings. The van der Waals surface area contributed by atoms with Crippen molar-refractivity contribution in [3.05, 3.63) is 35.6 Å². The van der Waals surface area contributed by atoms with E-state index in [-0.39, 0.29) is 12.0 Å². The summed E-state index contributed by atoms with van der Waals surface area (Å²) in [6, 6.07) is 5.45. The zero-order valence-electron chi connectivity index (χ0n) is 12.9. The van der Waals surface area contributed by atoms with E-state index < -0.39 is 0 Å². The van der Waals surface area contributed by atoms with Crippen molar-refractivity contribution in [2.45, 2.75) is 39.2 Å². The van der Waals surface area contributed by atoms with Crippen LogP contribution in [0.5, 0.6) is 5.75 Å². The molecule has 5 heteroatoms. The van der Waals surface area contributed by atoms with Gasteiger partial charge in [0.1, 0.15) is 23.8 Å². The Morgan fingerprint density at radius 1 is 1.36 bits per heavy atom. The van der Waals surface area contributed by atoms with Crippen molar-refractivity contribution in [1.29, 1.82) is 0 Å². The van der Waals surface area contributed by atoms with Gasteiger partial charge < -0.3 is 14.6 Å². The van der Waals surface area contributed by atoms with Crippen LogP contribution < -0.4 is 10.1 Å². The van der Waals surface area contributed by atoms with Crippen LogP contribution in [0.15, 0.2) is 29.0 Å². The number of amides is 1. The molecule has 1 aromatic heterocycles. The lowest BCUT2D eigenvalue weighted by Crippen LogP contribution is -2.24. The van der Waals surface area contributed by atoms with Gasteiger partial charge in [-0.1, -0.05) is 25.4 Å². The van der Waals surface area contributed by atoms with Gasteiger partial charge in [0.25, 0.3) is 5.91 Å². The van der Waals surface area contributed by atoms with E-state index in [0.717, 1.165) is 41.8 Å². The lowest BCUT2D eigenvalue weighted by molar-refractivity contribution is 0.0953. The average molecular weight is 300 g/mol. The molecule has 2 heterocycles. The van der Waals surface area contributed by atoms with Crippen molar-refractivity contribution >= 4 is 5.91 Å². The minimum absolute atomic E-state index is 0.0435. The van der Waals surface area contributed by atoms with Gasteiger partial charge >= 0.3 is 0 Å². The zero-order valence-corrected chi connectivity index (χ0v) is 12.9. The molecule has 1 amide bonds. The first kappa shape index (κ1) is 14.6. The van der Waals surface area contributed by atoms with Gasteiger partial charge in [0.15, 0.2) is 0 Å². The molecule has 0 aliphatic carbocycles. The lowest BCUT2D eigenvalue weighted by Gasteiger charge is -2.24. The highest BCUT2D eigenvalue weighted by Gasteiger charge is 2.28. The number of fused-ring (bicyclic) bond motifs is 3. The Kier molecular flexibility index (Phi) is 4.13. The molecule has 1 N–H and O–H groups in total. The molecule has 2 aromatic rings. The molecule has 22 heavy (non-hydrogen) atoms. The van der Waals surface area contributed by atoms with Gasteiger partial charge in [-0.3, -0.25) is 4.79 Å². The lowest BCUT2D eigenvalue weighted by atomic mass is 9.97. The van der Waals surface area contributed by atoms with Crippen molar-refractivity contribution in [1.82, 2.24) is 10.5 Å². The summed E-state index contributed by atoms with van der Waals surface area (Å²) in [7, 11) is 0. The Bertz CT molecular complexity index is 678. The van der Waals surface area contributed by atoms with E-state index >= 15 is 0 Å². The highest BCUT2D eigenvalue weighted by atomic mass is 16.5. The van der Waals surface area contributed by atoms with E-state index in [1.54, 1.807) is 12.3 Å². The Morgan fingerprint density at radius 2 is 2.23 bits per heavy atom. The Labute approximate surface area is 129 Å². The number of nitrogens with zero attached hydrogens (tertiary/aromatic N) is 1. The highest BCUT2D eigenvalue weighted by molar-refractivity contribution is 5.96. The second-order valence-corrected chi connectivity index (χ2v) is 5.45. The van der Waals surface area contributed by atoms with Crippen LogP contribution >= 0.6 is 0 Å². The normalized spacial score (nSPS) is 15.6. The fourth-order valence-electron chi connectivity index (χ4n) is 2.64. The summed E-state index contributed by atoms with van der Waals surface area (Å²) >= 11 is 0. The molecule has 1 aliphatic heterocycles. The van der Waals surface area contributed by atoms with Crippen LogP contribution in [0, 0.1) is 0 Å². The smallest absolute Gasteiger partial charge is 0.251 e. The minimum Gasteiger partial charge on any atom is -0.485 e. The van der Waals surface area contributed by atoms with E-state index in [0.29, 0.717) is 12.1 Å². The molecule has 0 saturated heterocycles. The molecular weight excluding hydrogens is 280 g/mol. The third kappa shape index (κ3) is 2.58. The number of carbonyl (C=O) groups is 1. The fraction of sp³-hybridized carbons (Fsp3) is 0.412. The van der Waals surface area contributed by atoms with Crippen molar-refractivity contribution in [2.75, 3.05) is 6.54 Å². The van der Waals surface area contributed by atoms with Gasteiger partial charge in [0, 0.05) is 17.7 Å². The number of hydrogen-bond donors (Lipinski definition) is 1. The van der Waals surface area contributed by atoms with E-state index in [1.807, 2.05) is 12.1 Å². The molecule has 0 saturated carbocycles. The maximum Gasteiger partial charge on any atom is 0.251 e. The summed E-state index contributed by atoms with van der Waals surface area (Å²) in [6.45, 7) is 4.84. The van der Waals surface area contributed by atoms with Crippen molar-refractivity contribution in [3.63, 3.8) is 0 Å². The number of ether oxygens (including phenoxy) is 1. The molecule has 0 bridgehead atoms. The van der Waals surface area contributed by atoms with Crippen molar-refractivity contribution in [3.8, 4) is 17.0 Å². The summed E-state index contributed by atoms with van der Waals surface area (Å²) in [6.07, 6.45) is 4.45. The maximum absolute atomic E-state index is 12.2. The number of carbonyl (C=O) groups excluding carboxylic acids is 1. The van der Waals surface area contributed by atoms with E-state index in [2.05, 4.69) is 24.3 Å². The zero-order chi connectivity index (χ0) is 15.5. The quantitative estimate of drug-likeness (QED) is 0.855. The average Bonchev–Trinajstić information content (AvgIpc) is 3.03. The highest BCUT2D eigenvalue weighted by Crippen LogP contribution is 2.42. The van der Waals surface area contributed by atoms with Crippen LogP contribution in [0.2, 0.25) is 0 Å². The van der Waals surface area contributed by atoms with Crippen LogP contribution in [0.4, 0.5) is 0 Å². The Morgan fingerprint density at radius 3 is 3.00 bits per heavy atom. The molecule has 1 aliphatic rings. The molecule has 0 spiro atoms. The Hall–Kier alpha value is -2.30. The first-order valence-corrected chi connectivity index (χ1v) is 7.78. The summed E-state index contributed by atoms with van der Waals surface area (Å²) in [5.74, 6) is 0.678. The van der Waals surface area contributed by atoms with Gasteiger partial charge in [-0.15, -0.1) is 0 Å². The van der Waals surface area contributed by atoms with E-state index in [1.165, 1.54) is 0 Å². The van der Waals surface area contributed by atoms with Gasteiger partial charge in [-0.2, -0.15) is 0 Å². The molecule has 1 unspecified atom stereocenters. The second kappa shape index (κ2) is 6.22. The van der Waals surface area contributed by atoms with Gasteiger partial charge in [-0.25, -0.2) is 0 Å².